The molecule has 0 aliphatic carbocycles. The Hall–Kier alpha value is -5.02. The fraction of sp³-hybridized carbons (Fsp3) is 0.258. The van der Waals surface area contributed by atoms with Crippen molar-refractivity contribution < 1.29 is 37.2 Å². The molecule has 2 aromatic heterocycles. The number of nitro benzene ring substituents is 1. The summed E-state index contributed by atoms with van der Waals surface area (Å²) in [6, 6.07) is 11.9. The molecule has 4 aromatic rings. The molecule has 46 heavy (non-hydrogen) atoms. The van der Waals surface area contributed by atoms with E-state index in [1.54, 1.807) is 25.9 Å². The number of nitrogens with one attached hydrogen (secondary N) is 1. The minimum atomic E-state index is -0.959. The molecular weight excluding hydrogens is 627 g/mol. The summed E-state index contributed by atoms with van der Waals surface area (Å²) in [6.07, 6.45) is 0.342. The lowest BCUT2D eigenvalue weighted by atomic mass is 10.0. The zero-order valence-electron chi connectivity index (χ0n) is 25.1. The Morgan fingerprint density at radius 1 is 1.02 bits per heavy atom. The van der Waals surface area contributed by atoms with Gasteiger partial charge in [-0.15, -0.1) is 11.3 Å². The van der Waals surface area contributed by atoms with Gasteiger partial charge in [0.2, 0.25) is 0 Å². The van der Waals surface area contributed by atoms with E-state index in [1.807, 2.05) is 0 Å². The lowest BCUT2D eigenvalue weighted by Gasteiger charge is -2.23. The number of ether oxygens (including phenoxy) is 2. The first kappa shape index (κ1) is 33.9. The van der Waals surface area contributed by atoms with Crippen molar-refractivity contribution in [3.63, 3.8) is 0 Å². The number of aromatic nitrogens is 1. The van der Waals surface area contributed by atoms with Crippen LogP contribution in [0.4, 0.5) is 34.5 Å². The number of carbonyl (C=O) groups excluding carboxylic acids is 2. The monoisotopic (exact) mass is 657 g/mol. The van der Waals surface area contributed by atoms with Crippen molar-refractivity contribution in [2.75, 3.05) is 44.2 Å². The van der Waals surface area contributed by atoms with Gasteiger partial charge < -0.3 is 19.7 Å². The summed E-state index contributed by atoms with van der Waals surface area (Å²) >= 11 is 0.986. The molecule has 0 aliphatic heterocycles. The van der Waals surface area contributed by atoms with E-state index in [1.165, 1.54) is 48.7 Å². The largest absolute Gasteiger partial charge is 0.489 e. The van der Waals surface area contributed by atoms with E-state index in [9.17, 15) is 32.9 Å². The van der Waals surface area contributed by atoms with Crippen LogP contribution in [0.25, 0.3) is 10.4 Å². The molecule has 2 aromatic carbocycles. The van der Waals surface area contributed by atoms with E-state index < -0.39 is 47.3 Å². The second-order valence-corrected chi connectivity index (χ2v) is 11.0. The lowest BCUT2D eigenvalue weighted by molar-refractivity contribution is -0.384. The van der Waals surface area contributed by atoms with Gasteiger partial charge in [0, 0.05) is 29.1 Å². The van der Waals surface area contributed by atoms with Gasteiger partial charge >= 0.3 is 6.09 Å². The number of carbonyl (C=O) groups is 2. The number of amides is 2. The minimum absolute atomic E-state index is 0.00332. The number of halogens is 3. The lowest BCUT2D eigenvalue weighted by Crippen LogP contribution is -2.33. The third-order valence-electron chi connectivity index (χ3n) is 6.47. The van der Waals surface area contributed by atoms with Crippen LogP contribution in [0.1, 0.15) is 28.4 Å². The van der Waals surface area contributed by atoms with Crippen molar-refractivity contribution in [1.82, 2.24) is 9.88 Å². The van der Waals surface area contributed by atoms with E-state index in [0.29, 0.717) is 16.0 Å². The molecule has 2 heterocycles. The van der Waals surface area contributed by atoms with E-state index in [0.717, 1.165) is 28.4 Å². The molecule has 1 N–H and O–H groups in total. The maximum absolute atomic E-state index is 14.9. The smallest absolute Gasteiger partial charge is 0.415 e. The van der Waals surface area contributed by atoms with Gasteiger partial charge in [0.1, 0.15) is 41.5 Å². The molecule has 0 radical (unpaired) electrons. The number of benzene rings is 2. The number of rotatable bonds is 13. The SMILES string of the molecule is CCOC(=O)N(Cc1c(F)cccc1F)c1sc(-c2ccc([N+](=O)[O-])cc2)c(CN(C)C)c1C(=O)Nc1ccc(OCCF)cn1. The summed E-state index contributed by atoms with van der Waals surface area (Å²) in [5.74, 6) is -2.13. The van der Waals surface area contributed by atoms with Gasteiger partial charge in [-0.3, -0.25) is 19.8 Å². The third kappa shape index (κ3) is 7.97. The quantitative estimate of drug-likeness (QED) is 0.123. The summed E-state index contributed by atoms with van der Waals surface area (Å²) in [6.45, 7) is 0.185. The number of anilines is 2. The highest BCUT2D eigenvalue weighted by Gasteiger charge is 2.33. The highest BCUT2D eigenvalue weighted by molar-refractivity contribution is 7.20. The van der Waals surface area contributed by atoms with Gasteiger partial charge in [0.15, 0.2) is 0 Å². The topological polar surface area (TPSA) is 127 Å². The molecule has 0 fully saturated rings. The average molecular weight is 658 g/mol. The van der Waals surface area contributed by atoms with Gasteiger partial charge in [-0.05, 0) is 68.5 Å². The second kappa shape index (κ2) is 15.3. The molecule has 0 saturated heterocycles. The molecule has 0 atom stereocenters. The van der Waals surface area contributed by atoms with Crippen LogP contribution in [0.3, 0.4) is 0 Å². The first-order valence-corrected chi connectivity index (χ1v) is 14.7. The van der Waals surface area contributed by atoms with Gasteiger partial charge in [-0.1, -0.05) is 6.07 Å². The van der Waals surface area contributed by atoms with E-state index >= 15 is 0 Å². The molecule has 0 bridgehead atoms. The summed E-state index contributed by atoms with van der Waals surface area (Å²) in [5, 5.41) is 14.0. The van der Waals surface area contributed by atoms with Crippen LogP contribution in [0.15, 0.2) is 60.8 Å². The van der Waals surface area contributed by atoms with Crippen LogP contribution in [0.5, 0.6) is 5.75 Å². The Morgan fingerprint density at radius 3 is 2.28 bits per heavy atom. The Morgan fingerprint density at radius 2 is 1.72 bits per heavy atom. The molecule has 0 saturated carbocycles. The molecule has 0 unspecified atom stereocenters. The highest BCUT2D eigenvalue weighted by atomic mass is 32.1. The third-order valence-corrected chi connectivity index (χ3v) is 7.77. The summed E-state index contributed by atoms with van der Waals surface area (Å²) in [4.78, 5) is 45.7. The van der Waals surface area contributed by atoms with Crippen molar-refractivity contribution in [2.45, 2.75) is 20.0 Å². The molecule has 242 valence electrons. The molecule has 0 spiro atoms. The number of nitrogens with zero attached hydrogens (tertiary/aromatic N) is 4. The first-order chi connectivity index (χ1) is 22.0. The van der Waals surface area contributed by atoms with Crippen LogP contribution in [-0.4, -0.2) is 60.8 Å². The predicted octanol–water partition coefficient (Wildman–Crippen LogP) is 6.82. The number of non-ortho nitro benzene ring substituents is 1. The number of alkyl halides is 1. The fourth-order valence-corrected chi connectivity index (χ4v) is 5.75. The summed E-state index contributed by atoms with van der Waals surface area (Å²) < 4.78 is 52.7. The van der Waals surface area contributed by atoms with Crippen LogP contribution < -0.4 is 15.0 Å². The van der Waals surface area contributed by atoms with E-state index in [2.05, 4.69) is 10.3 Å². The van der Waals surface area contributed by atoms with Crippen molar-refractivity contribution in [2.24, 2.45) is 0 Å². The number of hydrogen-bond donors (Lipinski definition) is 1. The summed E-state index contributed by atoms with van der Waals surface area (Å²) in [5.41, 5.74) is 0.354. The van der Waals surface area contributed by atoms with Gasteiger partial charge in [0.05, 0.1) is 29.8 Å². The van der Waals surface area contributed by atoms with Gasteiger partial charge in [-0.2, -0.15) is 0 Å². The van der Waals surface area contributed by atoms with E-state index in [4.69, 9.17) is 9.47 Å². The molecule has 11 nitrogen and oxygen atoms in total. The second-order valence-electron chi connectivity index (χ2n) is 9.99. The van der Waals surface area contributed by atoms with Crippen LogP contribution in [0.2, 0.25) is 0 Å². The maximum atomic E-state index is 14.9. The highest BCUT2D eigenvalue weighted by Crippen LogP contribution is 2.44. The Kier molecular flexibility index (Phi) is 11.3. The minimum Gasteiger partial charge on any atom is -0.489 e. The zero-order chi connectivity index (χ0) is 33.4. The molecule has 4 rings (SSSR count). The van der Waals surface area contributed by atoms with Gasteiger partial charge in [0.25, 0.3) is 11.6 Å². The normalized spacial score (nSPS) is 10.9. The van der Waals surface area contributed by atoms with Crippen LogP contribution in [-0.2, 0) is 17.8 Å². The fourth-order valence-electron chi connectivity index (χ4n) is 4.45. The first-order valence-electron chi connectivity index (χ1n) is 13.9. The zero-order valence-corrected chi connectivity index (χ0v) is 25.9. The number of pyridine rings is 1. The Balaban J connectivity index is 1.91. The Labute approximate surface area is 266 Å². The van der Waals surface area contributed by atoms with Crippen molar-refractivity contribution in [1.29, 1.82) is 0 Å². The summed E-state index contributed by atoms with van der Waals surface area (Å²) in [7, 11) is 3.52. The number of nitro groups is 1. The molecule has 2 amide bonds. The standard InChI is InChI=1S/C31H30F3N5O6S/c1-4-44-31(41)38(18-22-24(33)6-5-7-25(22)34)30-27(29(40)36-26-13-12-21(16-35-26)45-15-14-32)23(17-37(2)3)28(46-30)19-8-10-20(11-9-19)39(42)43/h5-13,16H,4,14-15,17-18H2,1-3H3,(H,35,36,40). The van der Waals surface area contributed by atoms with Gasteiger partial charge in [-0.25, -0.2) is 22.9 Å². The van der Waals surface area contributed by atoms with E-state index in [-0.39, 0.29) is 47.6 Å². The average Bonchev–Trinajstić information content (AvgIpc) is 3.38. The van der Waals surface area contributed by atoms with Crippen LogP contribution in [0, 0.1) is 21.7 Å². The van der Waals surface area contributed by atoms with Crippen LogP contribution >= 0.6 is 11.3 Å². The number of hydrogen-bond acceptors (Lipinski definition) is 9. The molecule has 15 heteroatoms. The Bertz CT molecular complexity index is 1680. The molecular formula is C31H30F3N5O6S. The van der Waals surface area contributed by atoms with Crippen molar-refractivity contribution in [3.05, 3.63) is 99.2 Å². The predicted molar refractivity (Wildman–Crippen MR) is 167 cm³/mol. The van der Waals surface area contributed by atoms with Crippen molar-refractivity contribution >= 4 is 39.8 Å². The molecule has 0 aliphatic rings. The number of thiophene rings is 1. The maximum Gasteiger partial charge on any atom is 0.415 e. The van der Waals surface area contributed by atoms with Crippen molar-refractivity contribution in [3.8, 4) is 16.2 Å².